The Kier molecular flexibility index (Phi) is 6.16. The van der Waals surface area contributed by atoms with Crippen molar-refractivity contribution in [3.8, 4) is 5.75 Å². The average molecular weight is 284 g/mol. The first-order chi connectivity index (χ1) is 8.99. The van der Waals surface area contributed by atoms with Gasteiger partial charge in [-0.05, 0) is 43.5 Å². The Morgan fingerprint density at radius 2 is 1.95 bits per heavy atom. The molecule has 1 aromatic rings. The fourth-order valence-corrected chi connectivity index (χ4v) is 2.09. The first-order valence-corrected chi connectivity index (χ1v) is 7.07. The predicted molar refractivity (Wildman–Crippen MR) is 79.0 cm³/mol. The summed E-state index contributed by atoms with van der Waals surface area (Å²) >= 11 is 5.99. The number of benzene rings is 1. The Morgan fingerprint density at radius 3 is 2.47 bits per heavy atom. The number of likely N-dealkylation sites (N-methyl/N-ethyl adjacent to an activating group) is 1. The van der Waals surface area contributed by atoms with E-state index in [0.717, 1.165) is 11.3 Å². The van der Waals surface area contributed by atoms with Crippen LogP contribution in [-0.2, 0) is 4.79 Å². The van der Waals surface area contributed by atoms with Crippen LogP contribution in [0.15, 0.2) is 18.2 Å². The van der Waals surface area contributed by atoms with E-state index in [1.165, 1.54) is 0 Å². The smallest absolute Gasteiger partial charge is 0.260 e. The van der Waals surface area contributed by atoms with E-state index in [1.54, 1.807) is 11.0 Å². The minimum Gasteiger partial charge on any atom is -0.483 e. The minimum atomic E-state index is 0.00894. The highest BCUT2D eigenvalue weighted by Crippen LogP contribution is 2.29. The van der Waals surface area contributed by atoms with Crippen molar-refractivity contribution in [2.24, 2.45) is 0 Å². The topological polar surface area (TPSA) is 29.5 Å². The molecule has 0 radical (unpaired) electrons. The third-order valence-corrected chi connectivity index (χ3v) is 3.30. The number of hydrogen-bond donors (Lipinski definition) is 0. The molecule has 0 bridgehead atoms. The molecule has 1 amide bonds. The van der Waals surface area contributed by atoms with Gasteiger partial charge in [-0.15, -0.1) is 0 Å². The lowest BCUT2D eigenvalue weighted by Crippen LogP contribution is -2.34. The number of amides is 1. The quantitative estimate of drug-likeness (QED) is 0.796. The molecule has 0 heterocycles. The summed E-state index contributed by atoms with van der Waals surface area (Å²) in [6, 6.07) is 5.50. The fraction of sp³-hybridized carbons (Fsp3) is 0.533. The van der Waals surface area contributed by atoms with E-state index in [2.05, 4.69) is 13.8 Å². The number of carbonyl (C=O) groups excluding carboxylic acids is 1. The molecule has 0 fully saturated rings. The van der Waals surface area contributed by atoms with Crippen LogP contribution in [0.2, 0.25) is 5.02 Å². The van der Waals surface area contributed by atoms with Crippen LogP contribution in [0.4, 0.5) is 0 Å². The highest BCUT2D eigenvalue weighted by atomic mass is 35.5. The van der Waals surface area contributed by atoms with Crippen LogP contribution in [0.25, 0.3) is 0 Å². The molecule has 0 aliphatic carbocycles. The molecule has 0 spiro atoms. The third kappa shape index (κ3) is 4.43. The van der Waals surface area contributed by atoms with E-state index >= 15 is 0 Å². The molecule has 19 heavy (non-hydrogen) atoms. The van der Waals surface area contributed by atoms with Gasteiger partial charge in [0.1, 0.15) is 5.75 Å². The summed E-state index contributed by atoms with van der Waals surface area (Å²) in [5, 5.41) is 0.686. The highest BCUT2D eigenvalue weighted by molar-refractivity contribution is 6.30. The zero-order valence-corrected chi connectivity index (χ0v) is 12.8. The van der Waals surface area contributed by atoms with Crippen LogP contribution < -0.4 is 4.74 Å². The Morgan fingerprint density at radius 1 is 1.32 bits per heavy atom. The maximum absolute atomic E-state index is 11.9. The van der Waals surface area contributed by atoms with Crippen molar-refractivity contribution in [2.75, 3.05) is 19.7 Å². The van der Waals surface area contributed by atoms with Gasteiger partial charge in [0.2, 0.25) is 0 Å². The van der Waals surface area contributed by atoms with Gasteiger partial charge in [-0.2, -0.15) is 0 Å². The van der Waals surface area contributed by atoms with E-state index in [0.29, 0.717) is 24.0 Å². The summed E-state index contributed by atoms with van der Waals surface area (Å²) in [7, 11) is 0. The van der Waals surface area contributed by atoms with Crippen molar-refractivity contribution in [3.63, 3.8) is 0 Å². The van der Waals surface area contributed by atoms with Gasteiger partial charge < -0.3 is 9.64 Å². The minimum absolute atomic E-state index is 0.00894. The molecule has 0 unspecified atom stereocenters. The number of carbonyl (C=O) groups is 1. The Balaban J connectivity index is 2.75. The molecule has 1 rings (SSSR count). The third-order valence-electron chi connectivity index (χ3n) is 3.06. The summed E-state index contributed by atoms with van der Waals surface area (Å²) in [6.45, 7) is 9.55. The van der Waals surface area contributed by atoms with E-state index in [4.69, 9.17) is 16.3 Å². The molecule has 1 aromatic carbocycles. The average Bonchev–Trinajstić information content (AvgIpc) is 2.38. The summed E-state index contributed by atoms with van der Waals surface area (Å²) in [6.07, 6.45) is 0. The zero-order chi connectivity index (χ0) is 14.4. The van der Waals surface area contributed by atoms with Gasteiger partial charge in [-0.25, -0.2) is 0 Å². The normalized spacial score (nSPS) is 10.6. The molecule has 0 aromatic heterocycles. The summed E-state index contributed by atoms with van der Waals surface area (Å²) in [5.74, 6) is 1.05. The van der Waals surface area contributed by atoms with Crippen LogP contribution in [0.3, 0.4) is 0 Å². The lowest BCUT2D eigenvalue weighted by atomic mass is 10.0. The molecule has 0 saturated heterocycles. The Bertz CT molecular complexity index is 428. The monoisotopic (exact) mass is 283 g/mol. The number of ether oxygens (including phenoxy) is 1. The van der Waals surface area contributed by atoms with Crippen LogP contribution in [-0.4, -0.2) is 30.5 Å². The van der Waals surface area contributed by atoms with E-state index in [9.17, 15) is 4.79 Å². The predicted octanol–water partition coefficient (Wildman–Crippen LogP) is 3.71. The van der Waals surface area contributed by atoms with Gasteiger partial charge in [-0.3, -0.25) is 4.79 Å². The second-order valence-corrected chi connectivity index (χ2v) is 5.13. The van der Waals surface area contributed by atoms with Gasteiger partial charge in [0.25, 0.3) is 5.91 Å². The van der Waals surface area contributed by atoms with E-state index < -0.39 is 0 Å². The maximum Gasteiger partial charge on any atom is 0.260 e. The molecular weight excluding hydrogens is 262 g/mol. The molecule has 0 atom stereocenters. The van der Waals surface area contributed by atoms with Gasteiger partial charge in [0, 0.05) is 18.1 Å². The first-order valence-electron chi connectivity index (χ1n) is 6.69. The van der Waals surface area contributed by atoms with Gasteiger partial charge in [0.15, 0.2) is 6.61 Å². The lowest BCUT2D eigenvalue weighted by molar-refractivity contribution is -0.132. The van der Waals surface area contributed by atoms with Crippen LogP contribution in [0, 0.1) is 0 Å². The standard InChI is InChI=1S/C15H22ClNO2/c1-5-17(6-2)15(18)10-19-14-8-7-12(16)9-13(14)11(3)4/h7-9,11H,5-6,10H2,1-4H3. The molecule has 0 N–H and O–H groups in total. The van der Waals surface area contributed by atoms with Crippen LogP contribution in [0.1, 0.15) is 39.2 Å². The lowest BCUT2D eigenvalue weighted by Gasteiger charge is -2.20. The molecule has 4 heteroatoms. The first kappa shape index (κ1) is 15.8. The molecular formula is C15H22ClNO2. The highest BCUT2D eigenvalue weighted by Gasteiger charge is 2.13. The summed E-state index contributed by atoms with van der Waals surface area (Å²) < 4.78 is 5.65. The number of rotatable bonds is 6. The largest absolute Gasteiger partial charge is 0.483 e. The summed E-state index contributed by atoms with van der Waals surface area (Å²) in [5.41, 5.74) is 1.03. The van der Waals surface area contributed by atoms with Crippen molar-refractivity contribution in [1.29, 1.82) is 0 Å². The van der Waals surface area contributed by atoms with Crippen molar-refractivity contribution >= 4 is 17.5 Å². The Labute approximate surface area is 120 Å². The van der Waals surface area contributed by atoms with E-state index in [1.807, 2.05) is 26.0 Å². The Hall–Kier alpha value is -1.22. The number of hydrogen-bond acceptors (Lipinski definition) is 2. The second kappa shape index (κ2) is 7.39. The molecule has 0 aliphatic rings. The SMILES string of the molecule is CCN(CC)C(=O)COc1ccc(Cl)cc1C(C)C. The van der Waals surface area contributed by atoms with Crippen molar-refractivity contribution in [3.05, 3.63) is 28.8 Å². The van der Waals surface area contributed by atoms with E-state index in [-0.39, 0.29) is 12.5 Å². The van der Waals surface area contributed by atoms with Crippen LogP contribution in [0.5, 0.6) is 5.75 Å². The molecule has 3 nitrogen and oxygen atoms in total. The second-order valence-electron chi connectivity index (χ2n) is 4.69. The van der Waals surface area contributed by atoms with Crippen LogP contribution >= 0.6 is 11.6 Å². The molecule has 106 valence electrons. The van der Waals surface area contributed by atoms with Crippen molar-refractivity contribution < 1.29 is 9.53 Å². The van der Waals surface area contributed by atoms with Crippen molar-refractivity contribution in [1.82, 2.24) is 4.90 Å². The maximum atomic E-state index is 11.9. The van der Waals surface area contributed by atoms with Gasteiger partial charge >= 0.3 is 0 Å². The molecule has 0 aliphatic heterocycles. The summed E-state index contributed by atoms with van der Waals surface area (Å²) in [4.78, 5) is 13.7. The number of halogens is 1. The van der Waals surface area contributed by atoms with Crippen molar-refractivity contribution in [2.45, 2.75) is 33.6 Å². The fourth-order valence-electron chi connectivity index (χ4n) is 1.91. The van der Waals surface area contributed by atoms with Gasteiger partial charge in [0.05, 0.1) is 0 Å². The number of nitrogens with zero attached hydrogens (tertiary/aromatic N) is 1. The molecule has 0 saturated carbocycles. The van der Waals surface area contributed by atoms with Gasteiger partial charge in [-0.1, -0.05) is 25.4 Å². The zero-order valence-electron chi connectivity index (χ0n) is 12.1.